The van der Waals surface area contributed by atoms with E-state index >= 15 is 0 Å². The minimum absolute atomic E-state index is 0.175. The molecule has 0 saturated carbocycles. The lowest BCUT2D eigenvalue weighted by Crippen LogP contribution is -2.23. The number of esters is 2. The predicted octanol–water partition coefficient (Wildman–Crippen LogP) is 1.69. The third-order valence-corrected chi connectivity index (χ3v) is 4.07. The first kappa shape index (κ1) is 18.2. The Hall–Kier alpha value is -1.83. The van der Waals surface area contributed by atoms with Gasteiger partial charge in [-0.1, -0.05) is 18.7 Å². The summed E-state index contributed by atoms with van der Waals surface area (Å²) in [5.41, 5.74) is -0.0411. The molecule has 22 heavy (non-hydrogen) atoms. The Kier molecular flexibility index (Phi) is 7.10. The van der Waals surface area contributed by atoms with E-state index in [1.54, 1.807) is 20.8 Å². The number of ether oxygens (including phenoxy) is 2. The molecular weight excluding hydrogens is 308 g/mol. The van der Waals surface area contributed by atoms with Crippen molar-refractivity contribution in [2.45, 2.75) is 44.4 Å². The zero-order valence-electron chi connectivity index (χ0n) is 13.1. The molecular formula is C14H20N2O5S. The van der Waals surface area contributed by atoms with Crippen molar-refractivity contribution in [3.05, 3.63) is 21.7 Å². The Morgan fingerprint density at radius 3 is 2.41 bits per heavy atom. The smallest absolute Gasteiger partial charge is 0.346 e. The van der Waals surface area contributed by atoms with E-state index in [1.165, 1.54) is 0 Å². The number of aromatic amines is 1. The van der Waals surface area contributed by atoms with Gasteiger partial charge >= 0.3 is 17.6 Å². The monoisotopic (exact) mass is 328 g/mol. The molecule has 1 aromatic heterocycles. The fourth-order valence-electron chi connectivity index (χ4n) is 1.76. The zero-order chi connectivity index (χ0) is 16.7. The lowest BCUT2D eigenvalue weighted by atomic mass is 10.2. The molecule has 0 aliphatic heterocycles. The highest BCUT2D eigenvalue weighted by atomic mass is 32.2. The van der Waals surface area contributed by atoms with Crippen molar-refractivity contribution in [1.82, 2.24) is 9.97 Å². The fraction of sp³-hybridized carbons (Fsp3) is 0.571. The molecule has 0 aromatic carbocycles. The van der Waals surface area contributed by atoms with Crippen LogP contribution in [0.15, 0.2) is 9.82 Å². The van der Waals surface area contributed by atoms with E-state index in [-0.39, 0.29) is 23.8 Å². The molecule has 0 aliphatic carbocycles. The van der Waals surface area contributed by atoms with Gasteiger partial charge in [0, 0.05) is 5.69 Å². The molecule has 0 saturated heterocycles. The zero-order valence-corrected chi connectivity index (χ0v) is 13.9. The van der Waals surface area contributed by atoms with Gasteiger partial charge < -0.3 is 14.5 Å². The van der Waals surface area contributed by atoms with E-state index in [4.69, 9.17) is 9.47 Å². The second-order valence-corrected chi connectivity index (χ2v) is 5.53. The normalized spacial score (nSPS) is 11.8. The number of H-pyrrole nitrogens is 1. The highest BCUT2D eigenvalue weighted by Gasteiger charge is 2.25. The number of hydrogen-bond donors (Lipinski definition) is 1. The summed E-state index contributed by atoms with van der Waals surface area (Å²) in [7, 11) is 0. The Morgan fingerprint density at radius 2 is 1.86 bits per heavy atom. The van der Waals surface area contributed by atoms with Crippen molar-refractivity contribution in [2.24, 2.45) is 0 Å². The lowest BCUT2D eigenvalue weighted by Gasteiger charge is -2.15. The van der Waals surface area contributed by atoms with Crippen molar-refractivity contribution in [3.63, 3.8) is 0 Å². The summed E-state index contributed by atoms with van der Waals surface area (Å²) in [4.78, 5) is 41.8. The number of aromatic nitrogens is 2. The Labute approximate surface area is 132 Å². The SMILES string of the molecule is CCOC(=O)c1c(S[C@H](CC)C(=O)OCC)nc(=O)[nH]c1C. The van der Waals surface area contributed by atoms with Crippen molar-refractivity contribution < 1.29 is 19.1 Å². The summed E-state index contributed by atoms with van der Waals surface area (Å²) in [6, 6.07) is 0. The molecule has 0 aliphatic rings. The van der Waals surface area contributed by atoms with E-state index < -0.39 is 22.9 Å². The van der Waals surface area contributed by atoms with Crippen LogP contribution in [0.5, 0.6) is 0 Å². The standard InChI is InChI=1S/C14H20N2O5S/c1-5-9(12(17)20-6-2)22-11-10(13(18)21-7-3)8(4)15-14(19)16-11/h9H,5-7H2,1-4H3,(H,15,16,19)/t9-/m1/s1. The highest BCUT2D eigenvalue weighted by molar-refractivity contribution is 8.00. The van der Waals surface area contributed by atoms with Crippen molar-refractivity contribution >= 4 is 23.7 Å². The van der Waals surface area contributed by atoms with Crippen LogP contribution in [-0.2, 0) is 14.3 Å². The number of hydrogen-bond acceptors (Lipinski definition) is 7. The number of nitrogens with zero attached hydrogens (tertiary/aromatic N) is 1. The number of thioether (sulfide) groups is 1. The molecule has 0 bridgehead atoms. The first-order valence-electron chi connectivity index (χ1n) is 7.05. The van der Waals surface area contributed by atoms with Gasteiger partial charge in [0.25, 0.3) is 0 Å². The molecule has 0 fully saturated rings. The molecule has 1 heterocycles. The van der Waals surface area contributed by atoms with Crippen LogP contribution in [0.3, 0.4) is 0 Å². The van der Waals surface area contributed by atoms with Crippen LogP contribution in [0.25, 0.3) is 0 Å². The average molecular weight is 328 g/mol. The third-order valence-electron chi connectivity index (χ3n) is 2.74. The molecule has 1 N–H and O–H groups in total. The molecule has 1 aromatic rings. The summed E-state index contributed by atoms with van der Waals surface area (Å²) in [6.45, 7) is 7.28. The molecule has 8 heteroatoms. The number of carbonyl (C=O) groups is 2. The fourth-order valence-corrected chi connectivity index (χ4v) is 2.85. The quantitative estimate of drug-likeness (QED) is 0.462. The van der Waals surface area contributed by atoms with Gasteiger partial charge in [0.1, 0.15) is 15.8 Å². The summed E-state index contributed by atoms with van der Waals surface area (Å²) < 4.78 is 9.97. The van der Waals surface area contributed by atoms with Gasteiger partial charge in [0.15, 0.2) is 0 Å². The first-order valence-corrected chi connectivity index (χ1v) is 7.93. The van der Waals surface area contributed by atoms with Crippen LogP contribution in [0.1, 0.15) is 43.2 Å². The Bertz CT molecular complexity index is 599. The molecule has 1 atom stereocenters. The minimum Gasteiger partial charge on any atom is -0.465 e. The minimum atomic E-state index is -0.579. The highest BCUT2D eigenvalue weighted by Crippen LogP contribution is 2.28. The van der Waals surface area contributed by atoms with Crippen molar-refractivity contribution in [3.8, 4) is 0 Å². The maximum Gasteiger partial charge on any atom is 0.346 e. The maximum atomic E-state index is 12.0. The van der Waals surface area contributed by atoms with Gasteiger partial charge in [-0.25, -0.2) is 9.59 Å². The van der Waals surface area contributed by atoms with Crippen LogP contribution in [0.4, 0.5) is 0 Å². The first-order chi connectivity index (χ1) is 10.4. The predicted molar refractivity (Wildman–Crippen MR) is 82.1 cm³/mol. The second kappa shape index (κ2) is 8.57. The Morgan fingerprint density at radius 1 is 1.23 bits per heavy atom. The van der Waals surface area contributed by atoms with E-state index in [1.807, 2.05) is 6.92 Å². The number of nitrogens with one attached hydrogen (secondary N) is 1. The van der Waals surface area contributed by atoms with Gasteiger partial charge in [-0.3, -0.25) is 4.79 Å². The Balaban J connectivity index is 3.19. The summed E-state index contributed by atoms with van der Waals surface area (Å²) >= 11 is 1.04. The van der Waals surface area contributed by atoms with E-state index in [0.717, 1.165) is 11.8 Å². The van der Waals surface area contributed by atoms with Crippen LogP contribution in [0, 0.1) is 6.92 Å². The maximum absolute atomic E-state index is 12.0. The molecule has 122 valence electrons. The van der Waals surface area contributed by atoms with Gasteiger partial charge in [-0.2, -0.15) is 4.98 Å². The van der Waals surface area contributed by atoms with Crippen molar-refractivity contribution in [1.29, 1.82) is 0 Å². The van der Waals surface area contributed by atoms with Crippen LogP contribution >= 0.6 is 11.8 Å². The number of rotatable bonds is 7. The topological polar surface area (TPSA) is 98.3 Å². The van der Waals surface area contributed by atoms with Gasteiger partial charge in [0.2, 0.25) is 0 Å². The second-order valence-electron chi connectivity index (χ2n) is 4.33. The van der Waals surface area contributed by atoms with Gasteiger partial charge in [-0.05, 0) is 27.2 Å². The van der Waals surface area contributed by atoms with Crippen molar-refractivity contribution in [2.75, 3.05) is 13.2 Å². The van der Waals surface area contributed by atoms with E-state index in [0.29, 0.717) is 12.1 Å². The third kappa shape index (κ3) is 4.59. The summed E-state index contributed by atoms with van der Waals surface area (Å²) in [6.07, 6.45) is 0.485. The van der Waals surface area contributed by atoms with Crippen LogP contribution in [-0.4, -0.2) is 40.4 Å². The molecule has 0 unspecified atom stereocenters. The van der Waals surface area contributed by atoms with Crippen LogP contribution in [0.2, 0.25) is 0 Å². The lowest BCUT2D eigenvalue weighted by molar-refractivity contribution is -0.142. The van der Waals surface area contributed by atoms with Gasteiger partial charge in [0.05, 0.1) is 13.2 Å². The summed E-state index contributed by atoms with van der Waals surface area (Å²) in [5.74, 6) is -0.977. The van der Waals surface area contributed by atoms with Gasteiger partial charge in [-0.15, -0.1) is 0 Å². The molecule has 0 spiro atoms. The van der Waals surface area contributed by atoms with Crippen LogP contribution < -0.4 is 5.69 Å². The molecule has 0 amide bonds. The molecule has 0 radical (unpaired) electrons. The van der Waals surface area contributed by atoms with E-state index in [2.05, 4.69) is 9.97 Å². The number of aryl methyl sites for hydroxylation is 1. The van der Waals surface area contributed by atoms with E-state index in [9.17, 15) is 14.4 Å². The molecule has 7 nitrogen and oxygen atoms in total. The largest absolute Gasteiger partial charge is 0.465 e. The molecule has 1 rings (SSSR count). The average Bonchev–Trinajstić information content (AvgIpc) is 2.44. The summed E-state index contributed by atoms with van der Waals surface area (Å²) in [5, 5.41) is -0.360. The number of carbonyl (C=O) groups excluding carboxylic acids is 2.